The van der Waals surface area contributed by atoms with Gasteiger partial charge < -0.3 is 4.42 Å². The molecule has 2 radical (unpaired) electrons. The fourth-order valence-corrected chi connectivity index (χ4v) is 3.98. The number of hydrogen-bond acceptors (Lipinski definition) is 2. The molecule has 0 bridgehead atoms. The minimum absolute atomic E-state index is 0.759. The van der Waals surface area contributed by atoms with Crippen molar-refractivity contribution < 1.29 is 4.42 Å². The van der Waals surface area contributed by atoms with Gasteiger partial charge in [0.2, 0.25) is 0 Å². The molecule has 4 heteroatoms. The quantitative estimate of drug-likeness (QED) is 0.398. The number of fused-ring (bicyclic) bond motifs is 6. The van der Waals surface area contributed by atoms with Gasteiger partial charge in [-0.1, -0.05) is 54.0 Å². The maximum atomic E-state index is 6.05. The van der Waals surface area contributed by atoms with E-state index in [2.05, 4.69) is 41.0 Å². The Balaban J connectivity index is 1.75. The Morgan fingerprint density at radius 1 is 0.704 bits per heavy atom. The number of benzene rings is 3. The molecule has 0 saturated carbocycles. The molecule has 0 fully saturated rings. The Morgan fingerprint density at radius 2 is 1.48 bits per heavy atom. The molecule has 0 aliphatic rings. The number of pyridine rings is 1. The average molecular weight is 344 g/mol. The van der Waals surface area contributed by atoms with E-state index < -0.39 is 0 Å². The van der Waals surface area contributed by atoms with Crippen molar-refractivity contribution in [1.82, 2.24) is 9.55 Å². The Bertz CT molecular complexity index is 1490. The molecule has 0 N–H and O–H groups in total. The highest BCUT2D eigenvalue weighted by Crippen LogP contribution is 2.33. The largest absolute Gasteiger partial charge is 0.454 e. The first-order valence-corrected chi connectivity index (χ1v) is 8.86. The molecule has 0 spiro atoms. The van der Waals surface area contributed by atoms with Crippen LogP contribution in [-0.4, -0.2) is 17.4 Å². The predicted molar refractivity (Wildman–Crippen MR) is 111 cm³/mol. The second-order valence-electron chi connectivity index (χ2n) is 6.77. The molecule has 6 aromatic rings. The molecule has 3 heterocycles. The van der Waals surface area contributed by atoms with Crippen molar-refractivity contribution in [2.45, 2.75) is 0 Å². The van der Waals surface area contributed by atoms with Crippen LogP contribution in [0.2, 0.25) is 0 Å². The van der Waals surface area contributed by atoms with Gasteiger partial charge in [-0.2, -0.15) is 0 Å². The summed E-state index contributed by atoms with van der Waals surface area (Å²) in [6.07, 6.45) is 1.81. The molecule has 0 amide bonds. The molecule has 3 aromatic carbocycles. The third-order valence-electron chi connectivity index (χ3n) is 5.18. The lowest BCUT2D eigenvalue weighted by Gasteiger charge is -2.07. The summed E-state index contributed by atoms with van der Waals surface area (Å²) >= 11 is 0. The van der Waals surface area contributed by atoms with E-state index in [0.717, 1.165) is 49.6 Å². The molecule has 3 aromatic heterocycles. The van der Waals surface area contributed by atoms with E-state index in [9.17, 15) is 0 Å². The topological polar surface area (TPSA) is 31.0 Å². The standard InChI is InChI=1S/C23H13BN2O/c24-14-9-10-20-17(11-14)15-5-1-3-7-19(15)26(20)23-12-18-16-6-2-4-8-21(16)27-22(18)13-25-23/h1-13H. The first-order chi connectivity index (χ1) is 13.3. The zero-order valence-electron chi connectivity index (χ0n) is 14.4. The van der Waals surface area contributed by atoms with Crippen molar-refractivity contribution in [2.24, 2.45) is 0 Å². The van der Waals surface area contributed by atoms with Gasteiger partial charge in [-0.3, -0.25) is 4.57 Å². The van der Waals surface area contributed by atoms with Crippen molar-refractivity contribution in [3.8, 4) is 5.82 Å². The predicted octanol–water partition coefficient (Wildman–Crippen LogP) is 4.87. The monoisotopic (exact) mass is 344 g/mol. The fraction of sp³-hybridized carbons (Fsp3) is 0. The number of aromatic nitrogens is 2. The summed E-state index contributed by atoms with van der Waals surface area (Å²) in [4.78, 5) is 4.71. The van der Waals surface area contributed by atoms with Crippen LogP contribution in [-0.2, 0) is 0 Å². The van der Waals surface area contributed by atoms with Crippen LogP contribution in [0.5, 0.6) is 0 Å². The van der Waals surface area contributed by atoms with Gasteiger partial charge in [-0.15, -0.1) is 0 Å². The highest BCUT2D eigenvalue weighted by molar-refractivity contribution is 6.33. The van der Waals surface area contributed by atoms with E-state index >= 15 is 0 Å². The maximum Gasteiger partial charge on any atom is 0.153 e. The number of nitrogens with zero attached hydrogens (tertiary/aromatic N) is 2. The van der Waals surface area contributed by atoms with E-state index in [-0.39, 0.29) is 0 Å². The normalized spacial score (nSPS) is 11.9. The molecular weight excluding hydrogens is 331 g/mol. The Kier molecular flexibility index (Phi) is 2.84. The Hall–Kier alpha value is -3.53. The summed E-state index contributed by atoms with van der Waals surface area (Å²) in [5, 5.41) is 4.46. The van der Waals surface area contributed by atoms with Crippen molar-refractivity contribution >= 4 is 57.1 Å². The smallest absolute Gasteiger partial charge is 0.153 e. The molecule has 0 aliphatic heterocycles. The number of para-hydroxylation sites is 2. The summed E-state index contributed by atoms with van der Waals surface area (Å²) in [6.45, 7) is 0. The van der Waals surface area contributed by atoms with Crippen molar-refractivity contribution in [3.63, 3.8) is 0 Å². The minimum Gasteiger partial charge on any atom is -0.454 e. The molecule has 0 unspecified atom stereocenters. The van der Waals surface area contributed by atoms with Crippen molar-refractivity contribution in [1.29, 1.82) is 0 Å². The number of hydrogen-bond donors (Lipinski definition) is 0. The second-order valence-corrected chi connectivity index (χ2v) is 6.77. The van der Waals surface area contributed by atoms with E-state index in [1.165, 1.54) is 5.39 Å². The average Bonchev–Trinajstić information content (AvgIpc) is 3.23. The lowest BCUT2D eigenvalue weighted by atomic mass is 9.94. The number of rotatable bonds is 1. The van der Waals surface area contributed by atoms with Gasteiger partial charge in [-0.25, -0.2) is 4.98 Å². The Labute approximate surface area is 156 Å². The molecule has 0 atom stereocenters. The van der Waals surface area contributed by atoms with Gasteiger partial charge in [0, 0.05) is 21.5 Å². The lowest BCUT2D eigenvalue weighted by Crippen LogP contribution is -2.01. The fourth-order valence-electron chi connectivity index (χ4n) is 3.98. The van der Waals surface area contributed by atoms with Gasteiger partial charge in [0.15, 0.2) is 5.58 Å². The van der Waals surface area contributed by atoms with Crippen molar-refractivity contribution in [3.05, 3.63) is 79.0 Å². The molecule has 0 aliphatic carbocycles. The van der Waals surface area contributed by atoms with Gasteiger partial charge in [0.05, 0.1) is 17.2 Å². The zero-order valence-corrected chi connectivity index (χ0v) is 14.4. The van der Waals surface area contributed by atoms with E-state index in [1.807, 2.05) is 42.6 Å². The highest BCUT2D eigenvalue weighted by atomic mass is 16.3. The molecule has 6 rings (SSSR count). The van der Waals surface area contributed by atoms with Crippen LogP contribution in [0.15, 0.2) is 83.4 Å². The third-order valence-corrected chi connectivity index (χ3v) is 5.18. The van der Waals surface area contributed by atoms with Crippen LogP contribution in [0, 0.1) is 0 Å². The summed E-state index contributed by atoms with van der Waals surface area (Å²) in [6, 6.07) is 24.5. The van der Waals surface area contributed by atoms with Gasteiger partial charge in [-0.05, 0) is 24.3 Å². The second kappa shape index (κ2) is 5.24. The molecule has 124 valence electrons. The van der Waals surface area contributed by atoms with E-state index in [4.69, 9.17) is 17.2 Å². The summed E-state index contributed by atoms with van der Waals surface area (Å²) in [5.41, 5.74) is 4.63. The van der Waals surface area contributed by atoms with E-state index in [0.29, 0.717) is 0 Å². The highest BCUT2D eigenvalue weighted by Gasteiger charge is 2.14. The molecule has 27 heavy (non-hydrogen) atoms. The first kappa shape index (κ1) is 14.6. The molecule has 0 saturated heterocycles. The van der Waals surface area contributed by atoms with Crippen LogP contribution in [0.1, 0.15) is 0 Å². The summed E-state index contributed by atoms with van der Waals surface area (Å²) < 4.78 is 8.11. The minimum atomic E-state index is 0.759. The maximum absolute atomic E-state index is 6.05. The van der Waals surface area contributed by atoms with E-state index in [1.54, 1.807) is 0 Å². The third kappa shape index (κ3) is 2.01. The van der Waals surface area contributed by atoms with Crippen LogP contribution < -0.4 is 5.46 Å². The Morgan fingerprint density at radius 3 is 2.41 bits per heavy atom. The number of furan rings is 1. The van der Waals surface area contributed by atoms with Gasteiger partial charge in [0.25, 0.3) is 0 Å². The summed E-state index contributed by atoms with van der Waals surface area (Å²) in [5.74, 6) is 0.866. The van der Waals surface area contributed by atoms with Gasteiger partial charge >= 0.3 is 0 Å². The van der Waals surface area contributed by atoms with Crippen LogP contribution in [0.25, 0.3) is 49.6 Å². The SMILES string of the molecule is [B]c1ccc2c(c1)c1ccccc1n2-c1cc2c(cn1)oc1ccccc12. The van der Waals surface area contributed by atoms with Gasteiger partial charge in [0.1, 0.15) is 19.2 Å². The first-order valence-electron chi connectivity index (χ1n) is 8.86. The molecular formula is C23H13BN2O. The molecule has 3 nitrogen and oxygen atoms in total. The van der Waals surface area contributed by atoms with Crippen LogP contribution in [0.3, 0.4) is 0 Å². The van der Waals surface area contributed by atoms with Crippen LogP contribution >= 0.6 is 0 Å². The van der Waals surface area contributed by atoms with Crippen molar-refractivity contribution in [2.75, 3.05) is 0 Å². The lowest BCUT2D eigenvalue weighted by molar-refractivity contribution is 0.666. The van der Waals surface area contributed by atoms with Crippen LogP contribution in [0.4, 0.5) is 0 Å². The summed E-state index contributed by atoms with van der Waals surface area (Å²) in [7, 11) is 6.05. The zero-order chi connectivity index (χ0) is 18.0.